The van der Waals surface area contributed by atoms with Crippen molar-refractivity contribution < 1.29 is 19.1 Å². The summed E-state index contributed by atoms with van der Waals surface area (Å²) in [5.74, 6) is 2.22. The van der Waals surface area contributed by atoms with Crippen LogP contribution in [-0.4, -0.2) is 128 Å². The molecule has 5 aromatic rings. The van der Waals surface area contributed by atoms with Crippen molar-refractivity contribution in [2.75, 3.05) is 70.4 Å². The van der Waals surface area contributed by atoms with E-state index >= 15 is 0 Å². The maximum Gasteiger partial charge on any atom is 0.255 e. The molecule has 3 N–H and O–H groups in total. The van der Waals surface area contributed by atoms with Crippen LogP contribution in [0.3, 0.4) is 0 Å². The van der Waals surface area contributed by atoms with Crippen LogP contribution in [0, 0.1) is 0 Å². The number of hydrogen-bond donors (Lipinski definition) is 2. The molecule has 1 atom stereocenters. The second kappa shape index (κ2) is 17.5. The standard InChI is InChI=1S/C44H50N10O4S/c45-41-39-40(30-7-9-34(10-8-30)58-33-5-2-1-3-6-33)49-54(42(39)47-29-46-41)32-15-18-51(19-16-32)22-25-52-23-20-50(21-24-52)17-4-26-59-35-11-12-36-31(27-35)28-53(44(36)57)37-13-14-38(55)48-43(37)56/h1-3,5-12,27,29,32,37H,4,13-26,28H2,(H2,45,46,47)(H,48,55,56). The molecule has 0 spiro atoms. The van der Waals surface area contributed by atoms with E-state index in [-0.39, 0.29) is 30.2 Å². The van der Waals surface area contributed by atoms with Crippen LogP contribution in [0.4, 0.5) is 5.82 Å². The van der Waals surface area contributed by atoms with Gasteiger partial charge in [-0.25, -0.2) is 14.6 Å². The summed E-state index contributed by atoms with van der Waals surface area (Å²) < 4.78 is 8.09. The average molecular weight is 815 g/mol. The fourth-order valence-corrected chi connectivity index (χ4v) is 9.68. The van der Waals surface area contributed by atoms with E-state index in [0.29, 0.717) is 24.3 Å². The number of carbonyl (C=O) groups excluding carboxylic acids is 3. The Morgan fingerprint density at radius 2 is 1.51 bits per heavy atom. The first-order valence-corrected chi connectivity index (χ1v) is 21.7. The first kappa shape index (κ1) is 39.1. The summed E-state index contributed by atoms with van der Waals surface area (Å²) in [6.45, 7) is 10.0. The molecule has 4 aliphatic heterocycles. The Hall–Kier alpha value is -5.35. The van der Waals surface area contributed by atoms with Gasteiger partial charge >= 0.3 is 0 Å². The van der Waals surface area contributed by atoms with Gasteiger partial charge in [-0.15, -0.1) is 11.8 Å². The summed E-state index contributed by atoms with van der Waals surface area (Å²) in [7, 11) is 0. The van der Waals surface area contributed by atoms with Crippen LogP contribution < -0.4 is 15.8 Å². The van der Waals surface area contributed by atoms with E-state index in [9.17, 15) is 14.4 Å². The minimum absolute atomic E-state index is 0.125. The zero-order valence-corrected chi connectivity index (χ0v) is 34.0. The van der Waals surface area contributed by atoms with Gasteiger partial charge in [0.1, 0.15) is 35.4 Å². The van der Waals surface area contributed by atoms with E-state index in [1.54, 1.807) is 4.90 Å². The number of para-hydroxylation sites is 1. The third-order valence-corrected chi connectivity index (χ3v) is 13.2. The first-order chi connectivity index (χ1) is 28.9. The fraction of sp³-hybridized carbons (Fsp3) is 0.409. The number of nitrogens with one attached hydrogen (secondary N) is 1. The van der Waals surface area contributed by atoms with Gasteiger partial charge in [0, 0.05) is 81.3 Å². The highest BCUT2D eigenvalue weighted by Crippen LogP contribution is 2.36. The zero-order valence-electron chi connectivity index (χ0n) is 33.2. The molecule has 15 heteroatoms. The first-order valence-electron chi connectivity index (χ1n) is 20.8. The third kappa shape index (κ3) is 8.69. The molecule has 0 bridgehead atoms. The highest BCUT2D eigenvalue weighted by Gasteiger charge is 2.39. The Kier molecular flexibility index (Phi) is 11.6. The molecule has 9 rings (SSSR count). The van der Waals surface area contributed by atoms with Gasteiger partial charge in [-0.1, -0.05) is 18.2 Å². The quantitative estimate of drug-likeness (QED) is 0.0928. The summed E-state index contributed by atoms with van der Waals surface area (Å²) in [6.07, 6.45) is 5.27. The topological polar surface area (TPSA) is 155 Å². The Balaban J connectivity index is 0.700. The lowest BCUT2D eigenvalue weighted by atomic mass is 10.0. The molecular weight excluding hydrogens is 765 g/mol. The molecule has 2 aromatic heterocycles. The minimum Gasteiger partial charge on any atom is -0.457 e. The van der Waals surface area contributed by atoms with Crippen LogP contribution in [0.1, 0.15) is 54.1 Å². The molecule has 0 radical (unpaired) electrons. The van der Waals surface area contributed by atoms with Crippen LogP contribution in [0.15, 0.2) is 84.0 Å². The molecule has 59 heavy (non-hydrogen) atoms. The molecule has 3 aromatic carbocycles. The van der Waals surface area contributed by atoms with Crippen LogP contribution in [0.25, 0.3) is 22.3 Å². The molecule has 306 valence electrons. The number of hydrogen-bond acceptors (Lipinski definition) is 12. The normalized spacial score (nSPS) is 19.7. The molecule has 14 nitrogen and oxygen atoms in total. The number of piperazine rings is 1. The third-order valence-electron chi connectivity index (χ3n) is 12.1. The van der Waals surface area contributed by atoms with Crippen molar-refractivity contribution in [3.63, 3.8) is 0 Å². The second-order valence-electron chi connectivity index (χ2n) is 15.9. The number of nitrogens with zero attached hydrogens (tertiary/aromatic N) is 8. The van der Waals surface area contributed by atoms with Gasteiger partial charge in [0.15, 0.2) is 5.65 Å². The molecule has 0 saturated carbocycles. The van der Waals surface area contributed by atoms with Crippen LogP contribution in [-0.2, 0) is 16.1 Å². The summed E-state index contributed by atoms with van der Waals surface area (Å²) in [5.41, 5.74) is 10.6. The molecule has 3 fully saturated rings. The number of amides is 3. The van der Waals surface area contributed by atoms with Crippen LogP contribution >= 0.6 is 11.8 Å². The van der Waals surface area contributed by atoms with E-state index in [1.165, 1.54) is 6.33 Å². The number of carbonyl (C=O) groups is 3. The number of nitrogens with two attached hydrogens (primary N) is 1. The summed E-state index contributed by atoms with van der Waals surface area (Å²) in [6, 6.07) is 23.3. The number of ether oxygens (including phenoxy) is 1. The van der Waals surface area contributed by atoms with Gasteiger partial charge in [0.2, 0.25) is 11.8 Å². The highest BCUT2D eigenvalue weighted by atomic mass is 32.2. The Morgan fingerprint density at radius 1 is 0.797 bits per heavy atom. The number of benzene rings is 3. The minimum atomic E-state index is -0.582. The number of rotatable bonds is 13. The molecule has 0 aliphatic carbocycles. The van der Waals surface area contributed by atoms with Gasteiger partial charge in [-0.2, -0.15) is 5.10 Å². The number of likely N-dealkylation sites (tertiary alicyclic amines) is 1. The molecule has 6 heterocycles. The molecule has 3 saturated heterocycles. The maximum absolute atomic E-state index is 13.0. The largest absolute Gasteiger partial charge is 0.457 e. The van der Waals surface area contributed by atoms with E-state index < -0.39 is 6.04 Å². The van der Waals surface area contributed by atoms with Crippen molar-refractivity contribution in [2.24, 2.45) is 0 Å². The predicted molar refractivity (Wildman–Crippen MR) is 227 cm³/mol. The van der Waals surface area contributed by atoms with Gasteiger partial charge in [0.05, 0.1) is 11.4 Å². The van der Waals surface area contributed by atoms with E-state index in [4.69, 9.17) is 15.6 Å². The molecular formula is C44H50N10O4S. The van der Waals surface area contributed by atoms with Gasteiger partial charge in [0.25, 0.3) is 5.91 Å². The number of imide groups is 1. The molecule has 4 aliphatic rings. The van der Waals surface area contributed by atoms with E-state index in [1.807, 2.05) is 78.5 Å². The van der Waals surface area contributed by atoms with Crippen LogP contribution in [0.2, 0.25) is 0 Å². The van der Waals surface area contributed by atoms with Gasteiger partial charge in [-0.05, 0) is 98.1 Å². The second-order valence-corrected chi connectivity index (χ2v) is 17.0. The maximum atomic E-state index is 13.0. The number of thioether (sulfide) groups is 1. The predicted octanol–water partition coefficient (Wildman–Crippen LogP) is 5.07. The van der Waals surface area contributed by atoms with Crippen molar-refractivity contribution >= 4 is 46.3 Å². The summed E-state index contributed by atoms with van der Waals surface area (Å²) in [5, 5.41) is 8.29. The summed E-state index contributed by atoms with van der Waals surface area (Å²) in [4.78, 5) is 56.5. The fourth-order valence-electron chi connectivity index (χ4n) is 8.78. The lowest BCUT2D eigenvalue weighted by molar-refractivity contribution is -0.136. The molecule has 1 unspecified atom stereocenters. The monoisotopic (exact) mass is 814 g/mol. The zero-order chi connectivity index (χ0) is 40.3. The van der Waals surface area contributed by atoms with Crippen molar-refractivity contribution in [3.05, 3.63) is 90.3 Å². The van der Waals surface area contributed by atoms with Gasteiger partial charge < -0.3 is 25.2 Å². The average Bonchev–Trinajstić information content (AvgIpc) is 3.81. The Labute approximate surface area is 348 Å². The Morgan fingerprint density at radius 3 is 2.25 bits per heavy atom. The molecule has 3 amide bonds. The number of anilines is 1. The van der Waals surface area contributed by atoms with E-state index in [0.717, 1.165) is 128 Å². The lowest BCUT2D eigenvalue weighted by Crippen LogP contribution is -2.52. The number of fused-ring (bicyclic) bond motifs is 2. The Bertz CT molecular complexity index is 2310. The van der Waals surface area contributed by atoms with Crippen molar-refractivity contribution in [2.45, 2.75) is 55.6 Å². The lowest BCUT2D eigenvalue weighted by Gasteiger charge is -2.37. The van der Waals surface area contributed by atoms with Gasteiger partial charge in [-0.3, -0.25) is 24.6 Å². The number of aromatic nitrogens is 4. The summed E-state index contributed by atoms with van der Waals surface area (Å²) >= 11 is 1.82. The number of piperidine rings is 2. The SMILES string of the molecule is Nc1ncnc2c1c(-c1ccc(Oc3ccccc3)cc1)nn2C1CCN(CCN2CCN(CCCSc3ccc4c(c3)CN(C3CCC(=O)NC3=O)C4=O)CC2)CC1. The number of nitrogen functional groups attached to an aromatic ring is 1. The van der Waals surface area contributed by atoms with Crippen molar-refractivity contribution in [1.82, 2.24) is 44.7 Å². The smallest absolute Gasteiger partial charge is 0.255 e. The van der Waals surface area contributed by atoms with Crippen LogP contribution in [0.5, 0.6) is 11.5 Å². The van der Waals surface area contributed by atoms with Crippen molar-refractivity contribution in [1.29, 1.82) is 0 Å². The van der Waals surface area contributed by atoms with Crippen molar-refractivity contribution in [3.8, 4) is 22.8 Å². The van der Waals surface area contributed by atoms with E-state index in [2.05, 4.69) is 40.7 Å². The highest BCUT2D eigenvalue weighted by molar-refractivity contribution is 7.99.